The molecule has 0 aromatic carbocycles. The quantitative estimate of drug-likeness (QED) is 0.700. The minimum atomic E-state index is -0.892. The van der Waals surface area contributed by atoms with E-state index in [9.17, 15) is 9.59 Å². The number of carbonyl (C=O) groups excluding carboxylic acids is 1. The van der Waals surface area contributed by atoms with Crippen molar-refractivity contribution < 1.29 is 19.4 Å². The molecule has 1 saturated heterocycles. The Morgan fingerprint density at radius 2 is 2.10 bits per heavy atom. The molecule has 0 aliphatic carbocycles. The van der Waals surface area contributed by atoms with E-state index >= 15 is 0 Å². The monoisotopic (exact) mass is 300 g/mol. The number of nitrogens with zero attached hydrogens (tertiary/aromatic N) is 1. The van der Waals surface area contributed by atoms with Gasteiger partial charge in [-0.3, -0.25) is 9.59 Å². The molecule has 1 rings (SSSR count). The molecule has 0 aromatic rings. The number of carboxylic acids is 1. The standard InChI is InChI=1S/C15H28N2O4/c1-11(2)12(5-6-16)3-4-14(18)17-7-8-21-13(10-17)9-15(19)20/h11-13H,3-10,16H2,1-2H3,(H,19,20). The Hall–Kier alpha value is -1.14. The van der Waals surface area contributed by atoms with Crippen molar-refractivity contribution in [3.05, 3.63) is 0 Å². The van der Waals surface area contributed by atoms with Gasteiger partial charge in [0.15, 0.2) is 0 Å². The second kappa shape index (κ2) is 9.00. The van der Waals surface area contributed by atoms with Crippen LogP contribution in [0, 0.1) is 11.8 Å². The van der Waals surface area contributed by atoms with Gasteiger partial charge in [-0.2, -0.15) is 0 Å². The molecule has 3 N–H and O–H groups in total. The SMILES string of the molecule is CC(C)C(CCN)CCC(=O)N1CCOC(CC(=O)O)C1. The van der Waals surface area contributed by atoms with Crippen LogP contribution in [-0.2, 0) is 14.3 Å². The van der Waals surface area contributed by atoms with Gasteiger partial charge in [0.25, 0.3) is 0 Å². The van der Waals surface area contributed by atoms with Crippen LogP contribution in [0.1, 0.15) is 39.5 Å². The predicted octanol–water partition coefficient (Wildman–Crippen LogP) is 1.09. The Balaban J connectivity index is 2.41. The molecule has 2 atom stereocenters. The lowest BCUT2D eigenvalue weighted by Gasteiger charge is -2.33. The molecule has 1 aliphatic heterocycles. The second-order valence-electron chi connectivity index (χ2n) is 6.05. The van der Waals surface area contributed by atoms with Gasteiger partial charge in [-0.25, -0.2) is 0 Å². The summed E-state index contributed by atoms with van der Waals surface area (Å²) >= 11 is 0. The zero-order valence-electron chi connectivity index (χ0n) is 13.1. The summed E-state index contributed by atoms with van der Waals surface area (Å²) in [5.41, 5.74) is 5.61. The van der Waals surface area contributed by atoms with Crippen molar-refractivity contribution in [3.63, 3.8) is 0 Å². The second-order valence-corrected chi connectivity index (χ2v) is 6.05. The molecule has 0 radical (unpaired) electrons. The van der Waals surface area contributed by atoms with Gasteiger partial charge in [0.1, 0.15) is 0 Å². The topological polar surface area (TPSA) is 92.9 Å². The first-order valence-electron chi connectivity index (χ1n) is 7.75. The molecule has 0 spiro atoms. The van der Waals surface area contributed by atoms with Crippen molar-refractivity contribution >= 4 is 11.9 Å². The van der Waals surface area contributed by atoms with Gasteiger partial charge in [0, 0.05) is 19.5 Å². The summed E-state index contributed by atoms with van der Waals surface area (Å²) < 4.78 is 5.38. The molecule has 1 fully saturated rings. The lowest BCUT2D eigenvalue weighted by atomic mass is 9.88. The number of ether oxygens (including phenoxy) is 1. The number of hydrogen-bond donors (Lipinski definition) is 2. The molecule has 1 heterocycles. The van der Waals surface area contributed by atoms with Crippen LogP contribution >= 0.6 is 0 Å². The van der Waals surface area contributed by atoms with Gasteiger partial charge in [0.2, 0.25) is 5.91 Å². The molecule has 2 unspecified atom stereocenters. The smallest absolute Gasteiger partial charge is 0.306 e. The van der Waals surface area contributed by atoms with E-state index in [1.54, 1.807) is 4.90 Å². The van der Waals surface area contributed by atoms with Crippen LogP contribution < -0.4 is 5.73 Å². The van der Waals surface area contributed by atoms with Crippen molar-refractivity contribution in [1.29, 1.82) is 0 Å². The van der Waals surface area contributed by atoms with Crippen LogP contribution in [-0.4, -0.2) is 54.2 Å². The highest BCUT2D eigenvalue weighted by atomic mass is 16.5. The molecule has 0 saturated carbocycles. The van der Waals surface area contributed by atoms with E-state index in [0.29, 0.717) is 44.5 Å². The molecule has 1 amide bonds. The van der Waals surface area contributed by atoms with Crippen LogP contribution in [0.5, 0.6) is 0 Å². The highest BCUT2D eigenvalue weighted by molar-refractivity contribution is 5.76. The lowest BCUT2D eigenvalue weighted by molar-refractivity contribution is -0.147. The van der Waals surface area contributed by atoms with Crippen LogP contribution in [0.4, 0.5) is 0 Å². The third kappa shape index (κ3) is 6.44. The first kappa shape index (κ1) is 17.9. The number of hydrogen-bond acceptors (Lipinski definition) is 4. The number of morpholine rings is 1. The van der Waals surface area contributed by atoms with Gasteiger partial charge < -0.3 is 20.5 Å². The van der Waals surface area contributed by atoms with E-state index in [1.165, 1.54) is 0 Å². The Labute approximate surface area is 126 Å². The fraction of sp³-hybridized carbons (Fsp3) is 0.867. The van der Waals surface area contributed by atoms with Gasteiger partial charge in [-0.05, 0) is 31.2 Å². The summed E-state index contributed by atoms with van der Waals surface area (Å²) in [4.78, 5) is 24.7. The van der Waals surface area contributed by atoms with E-state index in [4.69, 9.17) is 15.6 Å². The highest BCUT2D eigenvalue weighted by Gasteiger charge is 2.26. The van der Waals surface area contributed by atoms with Gasteiger partial charge in [-0.1, -0.05) is 13.8 Å². The van der Waals surface area contributed by atoms with Crippen LogP contribution in [0.2, 0.25) is 0 Å². The van der Waals surface area contributed by atoms with Crippen LogP contribution in [0.15, 0.2) is 0 Å². The first-order valence-corrected chi connectivity index (χ1v) is 7.75. The van der Waals surface area contributed by atoms with Crippen molar-refractivity contribution in [2.75, 3.05) is 26.2 Å². The molecule has 0 aromatic heterocycles. The van der Waals surface area contributed by atoms with Crippen LogP contribution in [0.25, 0.3) is 0 Å². The molecule has 122 valence electrons. The molecule has 1 aliphatic rings. The number of carboxylic acid groups (broad SMARTS) is 1. The van der Waals surface area contributed by atoms with Crippen molar-refractivity contribution in [2.24, 2.45) is 17.6 Å². The maximum atomic E-state index is 12.3. The number of carbonyl (C=O) groups is 2. The van der Waals surface area contributed by atoms with E-state index in [-0.39, 0.29) is 18.4 Å². The first-order chi connectivity index (χ1) is 9.93. The number of aliphatic carboxylic acids is 1. The van der Waals surface area contributed by atoms with Crippen molar-refractivity contribution in [1.82, 2.24) is 4.90 Å². The van der Waals surface area contributed by atoms with E-state index < -0.39 is 5.97 Å². The van der Waals surface area contributed by atoms with E-state index in [0.717, 1.165) is 12.8 Å². The highest BCUT2D eigenvalue weighted by Crippen LogP contribution is 2.21. The summed E-state index contributed by atoms with van der Waals surface area (Å²) in [6.07, 6.45) is 1.85. The summed E-state index contributed by atoms with van der Waals surface area (Å²) in [6.45, 7) is 6.31. The normalized spacial score (nSPS) is 20.6. The predicted molar refractivity (Wildman–Crippen MR) is 79.8 cm³/mol. The summed E-state index contributed by atoms with van der Waals surface area (Å²) in [5, 5.41) is 8.79. The summed E-state index contributed by atoms with van der Waals surface area (Å²) in [7, 11) is 0. The number of amides is 1. The Bertz CT molecular complexity index is 347. The largest absolute Gasteiger partial charge is 0.481 e. The van der Waals surface area contributed by atoms with E-state index in [2.05, 4.69) is 13.8 Å². The average Bonchev–Trinajstić information content (AvgIpc) is 2.42. The minimum Gasteiger partial charge on any atom is -0.481 e. The summed E-state index contributed by atoms with van der Waals surface area (Å²) in [5.74, 6) is 0.189. The summed E-state index contributed by atoms with van der Waals surface area (Å²) in [6, 6.07) is 0. The molecule has 6 nitrogen and oxygen atoms in total. The number of nitrogens with two attached hydrogens (primary N) is 1. The zero-order valence-corrected chi connectivity index (χ0v) is 13.1. The van der Waals surface area contributed by atoms with Gasteiger partial charge in [-0.15, -0.1) is 0 Å². The molecule has 21 heavy (non-hydrogen) atoms. The Kier molecular flexibility index (Phi) is 7.67. The van der Waals surface area contributed by atoms with E-state index in [1.807, 2.05) is 0 Å². The van der Waals surface area contributed by atoms with Crippen LogP contribution in [0.3, 0.4) is 0 Å². The third-order valence-electron chi connectivity index (χ3n) is 4.10. The fourth-order valence-electron chi connectivity index (χ4n) is 2.76. The Morgan fingerprint density at radius 3 is 2.67 bits per heavy atom. The maximum Gasteiger partial charge on any atom is 0.306 e. The van der Waals surface area contributed by atoms with Crippen molar-refractivity contribution in [2.45, 2.75) is 45.6 Å². The molecular formula is C15H28N2O4. The van der Waals surface area contributed by atoms with Gasteiger partial charge >= 0.3 is 5.97 Å². The minimum absolute atomic E-state index is 0.0500. The van der Waals surface area contributed by atoms with Gasteiger partial charge in [0.05, 0.1) is 19.1 Å². The fourth-order valence-corrected chi connectivity index (χ4v) is 2.76. The average molecular weight is 300 g/mol. The molecule has 6 heteroatoms. The van der Waals surface area contributed by atoms with Crippen molar-refractivity contribution in [3.8, 4) is 0 Å². The molecule has 0 bridgehead atoms. The lowest BCUT2D eigenvalue weighted by Crippen LogP contribution is -2.46. The maximum absolute atomic E-state index is 12.3. The zero-order chi connectivity index (χ0) is 15.8. The Morgan fingerprint density at radius 1 is 1.38 bits per heavy atom. The molecular weight excluding hydrogens is 272 g/mol. The third-order valence-corrected chi connectivity index (χ3v) is 4.10. The number of rotatable bonds is 8.